The molecule has 0 aliphatic carbocycles. The summed E-state index contributed by atoms with van der Waals surface area (Å²) < 4.78 is 33.2. The second-order valence-corrected chi connectivity index (χ2v) is 11.8. The normalized spacial score (nSPS) is 16.8. The molecule has 1 aliphatic heterocycles. The molecule has 1 aliphatic rings. The molecule has 0 bridgehead atoms. The largest absolute Gasteiger partial charge is 0.357 e. The van der Waals surface area contributed by atoms with Gasteiger partial charge in [0.2, 0.25) is 11.8 Å². The van der Waals surface area contributed by atoms with Crippen LogP contribution in [0.1, 0.15) is 29.7 Å². The van der Waals surface area contributed by atoms with Gasteiger partial charge < -0.3 is 10.6 Å². The third-order valence-electron chi connectivity index (χ3n) is 5.83. The number of amides is 2. The van der Waals surface area contributed by atoms with E-state index in [2.05, 4.69) is 16.0 Å². The topological polar surface area (TPSA) is 137 Å². The van der Waals surface area contributed by atoms with Gasteiger partial charge >= 0.3 is 10.3 Å². The lowest BCUT2D eigenvalue weighted by Crippen LogP contribution is -2.52. The zero-order valence-corrected chi connectivity index (χ0v) is 23.0. The average molecular weight is 573 g/mol. The molecule has 0 radical (unpaired) electrons. The van der Waals surface area contributed by atoms with Gasteiger partial charge in [0.05, 0.1) is 22.8 Å². The third kappa shape index (κ3) is 8.15. The van der Waals surface area contributed by atoms with Crippen molar-refractivity contribution in [3.05, 3.63) is 88.1 Å². The van der Waals surface area contributed by atoms with E-state index in [1.807, 2.05) is 46.5 Å². The van der Waals surface area contributed by atoms with Crippen molar-refractivity contribution in [2.75, 3.05) is 10.5 Å². The van der Waals surface area contributed by atoms with E-state index in [9.17, 15) is 18.0 Å². The highest BCUT2D eigenvalue weighted by molar-refractivity contribution is 8.14. The molecule has 2 heterocycles. The maximum absolute atomic E-state index is 13.5. The first kappa shape index (κ1) is 27.8. The first-order chi connectivity index (χ1) is 18.2. The van der Waals surface area contributed by atoms with Gasteiger partial charge in [0.15, 0.2) is 0 Å². The Kier molecular flexibility index (Phi) is 9.21. The predicted molar refractivity (Wildman–Crippen MR) is 152 cm³/mol. The van der Waals surface area contributed by atoms with Crippen molar-refractivity contribution in [1.29, 1.82) is 0 Å². The van der Waals surface area contributed by atoms with Crippen LogP contribution in [0, 0.1) is 0 Å². The Morgan fingerprint density at radius 1 is 1.03 bits per heavy atom. The van der Waals surface area contributed by atoms with Gasteiger partial charge in [-0.3, -0.25) is 23.9 Å². The summed E-state index contributed by atoms with van der Waals surface area (Å²) in [5, 5.41) is 10.7. The van der Waals surface area contributed by atoms with Crippen molar-refractivity contribution in [2.45, 2.75) is 37.9 Å². The van der Waals surface area contributed by atoms with Crippen LogP contribution in [0.3, 0.4) is 0 Å². The minimum Gasteiger partial charge on any atom is -0.345 e. The molecule has 2 aromatic carbocycles. The summed E-state index contributed by atoms with van der Waals surface area (Å²) in [6, 6.07) is 16.8. The van der Waals surface area contributed by atoms with Gasteiger partial charge in [0.1, 0.15) is 6.04 Å². The molecule has 0 spiro atoms. The lowest BCUT2D eigenvalue weighted by Gasteiger charge is -2.23. The summed E-state index contributed by atoms with van der Waals surface area (Å²) in [5.74, 6) is 0.139. The van der Waals surface area contributed by atoms with Crippen LogP contribution in [-0.2, 0) is 32.7 Å². The zero-order chi connectivity index (χ0) is 27.1. The molecular formula is C26H28N4O5S3. The Morgan fingerprint density at radius 3 is 2.37 bits per heavy atom. The Hall–Kier alpha value is -3.19. The van der Waals surface area contributed by atoms with Gasteiger partial charge in [-0.05, 0) is 52.1 Å². The SMILES string of the molecule is CC(=O)N[C@@H](Cc1ccccc1)C(=O)N[C@@H](Cc1ccc(NS(=O)(=O)O)cc1)C1=NC(c2ccsc2)CS1. The van der Waals surface area contributed by atoms with Gasteiger partial charge in [-0.25, -0.2) is 0 Å². The number of hydrogen-bond acceptors (Lipinski definition) is 7. The van der Waals surface area contributed by atoms with Gasteiger partial charge in [-0.2, -0.15) is 19.8 Å². The number of nitrogens with one attached hydrogen (secondary N) is 3. The summed E-state index contributed by atoms with van der Waals surface area (Å²) in [7, 11) is -4.38. The Bertz CT molecular complexity index is 1380. The molecule has 1 unspecified atom stereocenters. The number of hydrogen-bond donors (Lipinski definition) is 4. The van der Waals surface area contributed by atoms with Crippen LogP contribution < -0.4 is 15.4 Å². The molecule has 3 atom stereocenters. The molecular weight excluding hydrogens is 545 g/mol. The minimum atomic E-state index is -4.38. The van der Waals surface area contributed by atoms with Crippen molar-refractivity contribution in [2.24, 2.45) is 4.99 Å². The summed E-state index contributed by atoms with van der Waals surface area (Å²) in [5.41, 5.74) is 3.10. The highest BCUT2D eigenvalue weighted by atomic mass is 32.2. The van der Waals surface area contributed by atoms with E-state index in [0.717, 1.165) is 27.5 Å². The molecule has 200 valence electrons. The molecule has 1 aromatic heterocycles. The van der Waals surface area contributed by atoms with Crippen molar-refractivity contribution in [3.63, 3.8) is 0 Å². The molecule has 9 nitrogen and oxygen atoms in total. The molecule has 0 saturated carbocycles. The first-order valence-electron chi connectivity index (χ1n) is 11.8. The van der Waals surface area contributed by atoms with E-state index >= 15 is 0 Å². The molecule has 12 heteroatoms. The standard InChI is InChI=1S/C26H28N4O5S3/c1-17(31)27-22(13-18-5-3-2-4-6-18)25(32)28-23(26-29-24(16-37-26)20-11-12-36-15-20)14-19-7-9-21(10-8-19)30-38(33,34)35/h2-12,15,22-24,30H,13-14,16H2,1H3,(H,27,31)(H,28,32)(H,33,34,35)/t22-,23-,24?/m0/s1. The number of thioether (sulfide) groups is 1. The second-order valence-electron chi connectivity index (χ2n) is 8.83. The average Bonchev–Trinajstić information content (AvgIpc) is 3.56. The van der Waals surface area contributed by atoms with E-state index in [0.29, 0.717) is 12.8 Å². The minimum absolute atomic E-state index is 0.00236. The van der Waals surface area contributed by atoms with Crippen LogP contribution in [0.5, 0.6) is 0 Å². The molecule has 4 rings (SSSR count). The lowest BCUT2D eigenvalue weighted by atomic mass is 10.0. The third-order valence-corrected chi connectivity index (χ3v) is 8.20. The van der Waals surface area contributed by atoms with Crippen LogP contribution in [0.15, 0.2) is 76.4 Å². The number of nitrogens with zero attached hydrogens (tertiary/aromatic N) is 1. The van der Waals surface area contributed by atoms with E-state index in [1.54, 1.807) is 35.2 Å². The summed E-state index contributed by atoms with van der Waals surface area (Å²) >= 11 is 3.20. The molecule has 0 fully saturated rings. The van der Waals surface area contributed by atoms with Gasteiger partial charge in [0, 0.05) is 19.1 Å². The number of benzene rings is 2. The Labute approximate surface area is 230 Å². The number of anilines is 1. The zero-order valence-electron chi connectivity index (χ0n) is 20.5. The Balaban J connectivity index is 1.56. The number of rotatable bonds is 11. The van der Waals surface area contributed by atoms with Crippen molar-refractivity contribution < 1.29 is 22.6 Å². The fraction of sp³-hybridized carbons (Fsp3) is 0.269. The van der Waals surface area contributed by atoms with Crippen molar-refractivity contribution in [3.8, 4) is 0 Å². The summed E-state index contributed by atoms with van der Waals surface area (Å²) in [6.45, 7) is 1.38. The fourth-order valence-electron chi connectivity index (χ4n) is 4.09. The number of thiophene rings is 1. The highest BCUT2D eigenvalue weighted by Crippen LogP contribution is 2.33. The molecule has 0 saturated heterocycles. The predicted octanol–water partition coefficient (Wildman–Crippen LogP) is 3.62. The second kappa shape index (κ2) is 12.6. The molecule has 4 N–H and O–H groups in total. The van der Waals surface area contributed by atoms with Gasteiger partial charge in [-0.15, -0.1) is 11.8 Å². The number of carbonyl (C=O) groups excluding carboxylic acids is 2. The number of aliphatic imine (C=N–C) groups is 1. The maximum Gasteiger partial charge on any atom is 0.357 e. The van der Waals surface area contributed by atoms with Crippen LogP contribution >= 0.6 is 23.1 Å². The van der Waals surface area contributed by atoms with Crippen molar-refractivity contribution >= 4 is 55.9 Å². The summed E-state index contributed by atoms with van der Waals surface area (Å²) in [6.07, 6.45) is 0.740. The van der Waals surface area contributed by atoms with Gasteiger partial charge in [-0.1, -0.05) is 42.5 Å². The lowest BCUT2D eigenvalue weighted by molar-refractivity contribution is -0.128. The molecule has 3 aromatic rings. The Morgan fingerprint density at radius 2 is 1.74 bits per heavy atom. The van der Waals surface area contributed by atoms with E-state index in [-0.39, 0.29) is 23.5 Å². The molecule has 38 heavy (non-hydrogen) atoms. The summed E-state index contributed by atoms with van der Waals surface area (Å²) in [4.78, 5) is 30.3. The van der Waals surface area contributed by atoms with Crippen LogP contribution in [-0.4, -0.2) is 47.7 Å². The number of carbonyl (C=O) groups is 2. The highest BCUT2D eigenvalue weighted by Gasteiger charge is 2.30. The smallest absolute Gasteiger partial charge is 0.345 e. The molecule has 2 amide bonds. The van der Waals surface area contributed by atoms with E-state index in [1.165, 1.54) is 19.1 Å². The van der Waals surface area contributed by atoms with E-state index in [4.69, 9.17) is 9.55 Å². The monoisotopic (exact) mass is 572 g/mol. The van der Waals surface area contributed by atoms with Crippen LogP contribution in [0.2, 0.25) is 0 Å². The fourth-order valence-corrected chi connectivity index (χ4v) is 6.37. The van der Waals surface area contributed by atoms with E-state index < -0.39 is 22.4 Å². The van der Waals surface area contributed by atoms with Gasteiger partial charge in [0.25, 0.3) is 0 Å². The maximum atomic E-state index is 13.5. The van der Waals surface area contributed by atoms with Crippen LogP contribution in [0.4, 0.5) is 5.69 Å². The first-order valence-corrected chi connectivity index (χ1v) is 15.2. The quantitative estimate of drug-likeness (QED) is 0.259. The van der Waals surface area contributed by atoms with Crippen LogP contribution in [0.25, 0.3) is 0 Å². The van der Waals surface area contributed by atoms with Crippen molar-refractivity contribution in [1.82, 2.24) is 10.6 Å².